The molecule has 5 nitrogen and oxygen atoms in total. The number of fused-ring (bicyclic) bond motifs is 5. The summed E-state index contributed by atoms with van der Waals surface area (Å²) in [7, 11) is 3.39. The van der Waals surface area contributed by atoms with Crippen molar-refractivity contribution in [2.24, 2.45) is 16.8 Å². The molecule has 5 heteroatoms. The van der Waals surface area contributed by atoms with Crippen molar-refractivity contribution in [3.05, 3.63) is 35.1 Å². The van der Waals surface area contributed by atoms with Crippen molar-refractivity contribution in [1.82, 2.24) is 4.90 Å². The topological polar surface area (TPSA) is 54.3 Å². The van der Waals surface area contributed by atoms with E-state index >= 15 is 0 Å². The number of rotatable bonds is 4. The van der Waals surface area contributed by atoms with Crippen molar-refractivity contribution in [2.75, 3.05) is 27.3 Å². The Hall–Kier alpha value is -1.85. The van der Waals surface area contributed by atoms with Gasteiger partial charge in [-0.05, 0) is 55.7 Å². The molecule has 28 heavy (non-hydrogen) atoms. The number of benzene rings is 1. The van der Waals surface area contributed by atoms with Gasteiger partial charge in [0.05, 0.1) is 43.5 Å². The molecule has 0 aromatic heterocycles. The molecule has 0 amide bonds. The Morgan fingerprint density at radius 2 is 2.18 bits per heavy atom. The van der Waals surface area contributed by atoms with Crippen LogP contribution in [-0.2, 0) is 10.3 Å². The zero-order valence-electron chi connectivity index (χ0n) is 17.7. The number of aliphatic imine (C=N–C) groups is 1. The number of allylic oxidation sites excluding steroid dienone is 1. The summed E-state index contributed by atoms with van der Waals surface area (Å²) in [4.78, 5) is 7.50. The number of hydrogen-bond donors (Lipinski definition) is 1. The molecule has 2 fully saturated rings. The van der Waals surface area contributed by atoms with Gasteiger partial charge in [-0.2, -0.15) is 0 Å². The van der Waals surface area contributed by atoms with Gasteiger partial charge in [0.15, 0.2) is 0 Å². The number of hydrogen-bond acceptors (Lipinski definition) is 5. The minimum absolute atomic E-state index is 0.157. The van der Waals surface area contributed by atoms with Gasteiger partial charge in [-0.3, -0.25) is 9.89 Å². The quantitative estimate of drug-likeness (QED) is 0.799. The van der Waals surface area contributed by atoms with Crippen LogP contribution < -0.4 is 4.74 Å². The van der Waals surface area contributed by atoms with Crippen LogP contribution in [0.25, 0.3) is 0 Å². The van der Waals surface area contributed by atoms with E-state index in [4.69, 9.17) is 14.5 Å². The second-order valence-corrected chi connectivity index (χ2v) is 8.54. The Kier molecular flexibility index (Phi) is 5.00. The smallest absolute Gasteiger partial charge is 0.136 e. The number of nitrogens with zero attached hydrogens (tertiary/aromatic N) is 2. The van der Waals surface area contributed by atoms with Gasteiger partial charge >= 0.3 is 0 Å². The molecular weight excluding hydrogens is 352 g/mol. The van der Waals surface area contributed by atoms with Crippen molar-refractivity contribution < 1.29 is 14.6 Å². The normalized spacial score (nSPS) is 32.3. The second kappa shape index (κ2) is 7.20. The lowest BCUT2D eigenvalue weighted by molar-refractivity contribution is 0.0176. The van der Waals surface area contributed by atoms with Crippen LogP contribution in [0.5, 0.6) is 5.75 Å². The third-order valence-electron chi connectivity index (χ3n) is 7.06. The number of piperidine rings is 2. The monoisotopic (exact) mass is 384 g/mol. The standard InChI is InChI=1S/C23H32N2O3/c1-6-16-12-25-10-9-23(26)20-18(8-7-14(2)21(20)28-5)24-22(23)19(25)11-17(16)15(3)13-27-4/h7-8,13,16-17,19,26H,6,9-12H2,1-5H3/b15-13-/t16-,17-,19+,23+/m1/s1. The van der Waals surface area contributed by atoms with E-state index in [1.807, 2.05) is 25.3 Å². The van der Waals surface area contributed by atoms with Crippen LogP contribution in [0.4, 0.5) is 5.69 Å². The Morgan fingerprint density at radius 1 is 1.39 bits per heavy atom. The highest BCUT2D eigenvalue weighted by atomic mass is 16.5. The highest BCUT2D eigenvalue weighted by Crippen LogP contribution is 2.52. The summed E-state index contributed by atoms with van der Waals surface area (Å²) in [5.74, 6) is 1.83. The molecule has 4 rings (SSSR count). The Morgan fingerprint density at radius 3 is 2.86 bits per heavy atom. The number of ether oxygens (including phenoxy) is 2. The molecule has 0 saturated carbocycles. The van der Waals surface area contributed by atoms with Gasteiger partial charge in [-0.15, -0.1) is 0 Å². The third kappa shape index (κ3) is 2.79. The lowest BCUT2D eigenvalue weighted by Gasteiger charge is -2.50. The molecule has 1 N–H and O–H groups in total. The van der Waals surface area contributed by atoms with Crippen LogP contribution in [0.15, 0.2) is 29.0 Å². The predicted molar refractivity (Wildman–Crippen MR) is 111 cm³/mol. The van der Waals surface area contributed by atoms with Gasteiger partial charge < -0.3 is 14.6 Å². The highest BCUT2D eigenvalue weighted by Gasteiger charge is 2.53. The van der Waals surface area contributed by atoms with Gasteiger partial charge in [0.25, 0.3) is 0 Å². The number of aliphatic hydroxyl groups is 1. The van der Waals surface area contributed by atoms with Crippen LogP contribution in [0.2, 0.25) is 0 Å². The molecule has 2 saturated heterocycles. The molecule has 3 aliphatic heterocycles. The van der Waals surface area contributed by atoms with Gasteiger partial charge in [-0.25, -0.2) is 0 Å². The van der Waals surface area contributed by atoms with Gasteiger partial charge in [0.2, 0.25) is 0 Å². The van der Waals surface area contributed by atoms with Crippen LogP contribution in [-0.4, -0.2) is 49.1 Å². The fraction of sp³-hybridized carbons (Fsp3) is 0.609. The first-order valence-corrected chi connectivity index (χ1v) is 10.4. The average molecular weight is 385 g/mol. The average Bonchev–Trinajstić information content (AvgIpc) is 3.00. The molecule has 0 bridgehead atoms. The van der Waals surface area contributed by atoms with Crippen LogP contribution >= 0.6 is 0 Å². The summed E-state index contributed by atoms with van der Waals surface area (Å²) in [6, 6.07) is 4.21. The maximum Gasteiger partial charge on any atom is 0.136 e. The molecular formula is C23H32N2O3. The molecule has 0 unspecified atom stereocenters. The van der Waals surface area contributed by atoms with E-state index in [-0.39, 0.29) is 6.04 Å². The summed E-state index contributed by atoms with van der Waals surface area (Å²) < 4.78 is 11.0. The lowest BCUT2D eigenvalue weighted by atomic mass is 9.70. The molecule has 0 radical (unpaired) electrons. The zero-order chi connectivity index (χ0) is 20.1. The number of methoxy groups -OCH3 is 2. The van der Waals surface area contributed by atoms with E-state index in [1.54, 1.807) is 14.2 Å². The van der Waals surface area contributed by atoms with Crippen LogP contribution in [0.3, 0.4) is 0 Å². The van der Waals surface area contributed by atoms with Crippen molar-refractivity contribution in [3.8, 4) is 5.75 Å². The third-order valence-corrected chi connectivity index (χ3v) is 7.06. The van der Waals surface area contributed by atoms with E-state index in [1.165, 1.54) is 5.57 Å². The van der Waals surface area contributed by atoms with Crippen molar-refractivity contribution in [2.45, 2.75) is 51.7 Å². The summed E-state index contributed by atoms with van der Waals surface area (Å²) in [6.45, 7) is 8.39. The molecule has 0 aliphatic carbocycles. The van der Waals surface area contributed by atoms with E-state index in [9.17, 15) is 5.11 Å². The Balaban J connectivity index is 1.73. The molecule has 152 valence electrons. The molecule has 3 heterocycles. The summed E-state index contributed by atoms with van der Waals surface area (Å²) in [5, 5.41) is 11.8. The predicted octanol–water partition coefficient (Wildman–Crippen LogP) is 3.95. The largest absolute Gasteiger partial charge is 0.504 e. The summed E-state index contributed by atoms with van der Waals surface area (Å²) >= 11 is 0. The minimum atomic E-state index is -1.02. The highest BCUT2D eigenvalue weighted by molar-refractivity contribution is 6.05. The van der Waals surface area contributed by atoms with Gasteiger partial charge in [-0.1, -0.05) is 19.4 Å². The van der Waals surface area contributed by atoms with Crippen LogP contribution in [0, 0.1) is 18.8 Å². The molecule has 1 aromatic carbocycles. The fourth-order valence-corrected chi connectivity index (χ4v) is 5.61. The fourth-order valence-electron chi connectivity index (χ4n) is 5.61. The minimum Gasteiger partial charge on any atom is -0.504 e. The SMILES string of the molecule is CC[C@@H]1CN2CC[C@@]3(O)C(=Nc4ccc(C)c(OC)c43)[C@@H]2C[C@@H]1/C(C)=C\OC. The second-order valence-electron chi connectivity index (χ2n) is 8.54. The summed E-state index contributed by atoms with van der Waals surface area (Å²) in [5.41, 5.74) is 3.94. The van der Waals surface area contributed by atoms with Gasteiger partial charge in [0.1, 0.15) is 11.4 Å². The lowest BCUT2D eigenvalue weighted by Crippen LogP contribution is -2.60. The van der Waals surface area contributed by atoms with Crippen molar-refractivity contribution in [1.29, 1.82) is 0 Å². The zero-order valence-corrected chi connectivity index (χ0v) is 17.7. The molecule has 0 spiro atoms. The molecule has 1 aromatic rings. The maximum absolute atomic E-state index is 11.8. The van der Waals surface area contributed by atoms with E-state index in [2.05, 4.69) is 18.7 Å². The van der Waals surface area contributed by atoms with Gasteiger partial charge in [0, 0.05) is 13.1 Å². The Bertz CT molecular complexity index is 831. The first kappa shape index (κ1) is 19.5. The first-order valence-electron chi connectivity index (χ1n) is 10.4. The van der Waals surface area contributed by atoms with E-state index in [0.717, 1.165) is 54.2 Å². The maximum atomic E-state index is 11.8. The van der Waals surface area contributed by atoms with Crippen molar-refractivity contribution >= 4 is 11.4 Å². The Labute approximate surface area is 168 Å². The van der Waals surface area contributed by atoms with Crippen LogP contribution in [0.1, 0.15) is 44.2 Å². The first-order chi connectivity index (χ1) is 13.4. The molecule has 3 aliphatic rings. The summed E-state index contributed by atoms with van der Waals surface area (Å²) in [6.07, 6.45) is 4.67. The van der Waals surface area contributed by atoms with Crippen molar-refractivity contribution in [3.63, 3.8) is 0 Å². The van der Waals surface area contributed by atoms with E-state index < -0.39 is 5.60 Å². The van der Waals surface area contributed by atoms with E-state index in [0.29, 0.717) is 18.3 Å². The number of aryl methyl sites for hydroxylation is 1. The molecule has 4 atom stereocenters.